The number of ether oxygens (including phenoxy) is 1. The molecule has 138 valence electrons. The van der Waals surface area contributed by atoms with Crippen LogP contribution < -0.4 is 9.54 Å². The molecule has 1 heterocycles. The van der Waals surface area contributed by atoms with Crippen molar-refractivity contribution in [3.05, 3.63) is 59.2 Å². The Labute approximate surface area is 163 Å². The second-order valence-electron chi connectivity index (χ2n) is 6.65. The SMILES string of the molecule is C=CCN=c1scc(-c2ccc3cc(OC)ccc3c2)n1N=C1CCCC1. The van der Waals surface area contributed by atoms with Crippen molar-refractivity contribution in [3.63, 3.8) is 0 Å². The van der Waals surface area contributed by atoms with Crippen LogP contribution >= 0.6 is 11.3 Å². The van der Waals surface area contributed by atoms with Crippen LogP contribution in [0.15, 0.2) is 64.5 Å². The number of rotatable bonds is 5. The summed E-state index contributed by atoms with van der Waals surface area (Å²) in [6, 6.07) is 12.6. The van der Waals surface area contributed by atoms with Gasteiger partial charge in [-0.1, -0.05) is 24.3 Å². The van der Waals surface area contributed by atoms with Crippen LogP contribution in [0.3, 0.4) is 0 Å². The molecule has 2 aromatic carbocycles. The molecule has 0 N–H and O–H groups in total. The van der Waals surface area contributed by atoms with Crippen LogP contribution in [-0.4, -0.2) is 24.0 Å². The molecule has 0 bridgehead atoms. The summed E-state index contributed by atoms with van der Waals surface area (Å²) in [6.07, 6.45) is 6.45. The molecular formula is C22H23N3OS. The summed E-state index contributed by atoms with van der Waals surface area (Å²) in [7, 11) is 1.69. The highest BCUT2D eigenvalue weighted by molar-refractivity contribution is 7.07. The van der Waals surface area contributed by atoms with E-state index in [1.807, 2.05) is 16.8 Å². The van der Waals surface area contributed by atoms with Gasteiger partial charge in [0.2, 0.25) is 4.80 Å². The first-order valence-corrected chi connectivity index (χ1v) is 10.1. The Bertz CT molecular complexity index is 1070. The highest BCUT2D eigenvalue weighted by Crippen LogP contribution is 2.28. The number of hydrogen-bond donors (Lipinski definition) is 0. The lowest BCUT2D eigenvalue weighted by Crippen LogP contribution is -2.14. The largest absolute Gasteiger partial charge is 0.497 e. The lowest BCUT2D eigenvalue weighted by Gasteiger charge is -2.08. The van der Waals surface area contributed by atoms with E-state index >= 15 is 0 Å². The van der Waals surface area contributed by atoms with E-state index in [9.17, 15) is 0 Å². The topological polar surface area (TPSA) is 38.9 Å². The van der Waals surface area contributed by atoms with E-state index < -0.39 is 0 Å². The fraction of sp³-hybridized carbons (Fsp3) is 0.273. The van der Waals surface area contributed by atoms with Crippen molar-refractivity contribution in [2.24, 2.45) is 10.1 Å². The van der Waals surface area contributed by atoms with Crippen molar-refractivity contribution < 1.29 is 4.74 Å². The van der Waals surface area contributed by atoms with E-state index in [2.05, 4.69) is 47.3 Å². The van der Waals surface area contributed by atoms with Crippen molar-refractivity contribution in [1.29, 1.82) is 0 Å². The Morgan fingerprint density at radius 3 is 2.70 bits per heavy atom. The Balaban J connectivity index is 1.83. The summed E-state index contributed by atoms with van der Waals surface area (Å²) in [4.78, 5) is 5.55. The maximum atomic E-state index is 5.33. The average molecular weight is 378 g/mol. The fourth-order valence-corrected chi connectivity index (χ4v) is 4.22. The zero-order valence-corrected chi connectivity index (χ0v) is 16.3. The standard InChI is InChI=1S/C22H23N3OS/c1-3-12-23-22-25(24-19-6-4-5-7-19)21(15-27-22)18-9-8-17-14-20(26-2)11-10-16(17)13-18/h3,8-11,13-15H,1,4-7,12H2,2H3. The van der Waals surface area contributed by atoms with Crippen molar-refractivity contribution >= 4 is 27.8 Å². The van der Waals surface area contributed by atoms with E-state index in [1.165, 1.54) is 29.3 Å². The van der Waals surface area contributed by atoms with Crippen molar-refractivity contribution in [2.45, 2.75) is 25.7 Å². The number of methoxy groups -OCH3 is 1. The van der Waals surface area contributed by atoms with E-state index in [-0.39, 0.29) is 0 Å². The lowest BCUT2D eigenvalue weighted by atomic mass is 10.1. The van der Waals surface area contributed by atoms with Gasteiger partial charge in [-0.3, -0.25) is 4.99 Å². The van der Waals surface area contributed by atoms with Crippen LogP contribution in [0, 0.1) is 0 Å². The number of benzene rings is 2. The predicted octanol–water partition coefficient (Wildman–Crippen LogP) is 5.24. The molecule has 0 aliphatic heterocycles. The van der Waals surface area contributed by atoms with Gasteiger partial charge in [0.05, 0.1) is 19.3 Å². The highest BCUT2D eigenvalue weighted by Gasteiger charge is 2.13. The molecule has 1 aliphatic carbocycles. The normalized spacial score (nSPS) is 14.7. The predicted molar refractivity (Wildman–Crippen MR) is 114 cm³/mol. The first-order chi connectivity index (χ1) is 13.3. The fourth-order valence-electron chi connectivity index (χ4n) is 3.38. The zero-order chi connectivity index (χ0) is 18.6. The second-order valence-corrected chi connectivity index (χ2v) is 7.48. The summed E-state index contributed by atoms with van der Waals surface area (Å²) in [5.74, 6) is 0.874. The van der Waals surface area contributed by atoms with Crippen LogP contribution in [0.5, 0.6) is 5.75 Å². The van der Waals surface area contributed by atoms with E-state index in [0.717, 1.165) is 34.6 Å². The third kappa shape index (κ3) is 3.74. The van der Waals surface area contributed by atoms with Gasteiger partial charge >= 0.3 is 0 Å². The molecule has 1 saturated carbocycles. The third-order valence-corrected chi connectivity index (χ3v) is 5.66. The maximum absolute atomic E-state index is 5.33. The molecule has 0 unspecified atom stereocenters. The number of thiazole rings is 1. The van der Waals surface area contributed by atoms with Gasteiger partial charge < -0.3 is 4.74 Å². The third-order valence-electron chi connectivity index (χ3n) is 4.81. The van der Waals surface area contributed by atoms with Gasteiger partial charge in [-0.2, -0.15) is 5.10 Å². The Morgan fingerprint density at radius 1 is 1.15 bits per heavy atom. The molecule has 0 atom stereocenters. The maximum Gasteiger partial charge on any atom is 0.206 e. The molecular weight excluding hydrogens is 354 g/mol. The molecule has 0 saturated heterocycles. The summed E-state index contributed by atoms with van der Waals surface area (Å²) in [5, 5.41) is 9.44. The first-order valence-electron chi connectivity index (χ1n) is 9.25. The van der Waals surface area contributed by atoms with Crippen molar-refractivity contribution in [3.8, 4) is 17.0 Å². The Hall–Kier alpha value is -2.66. The van der Waals surface area contributed by atoms with Gasteiger partial charge in [0.1, 0.15) is 5.75 Å². The average Bonchev–Trinajstić information content (AvgIpc) is 3.36. The van der Waals surface area contributed by atoms with Gasteiger partial charge in [-0.15, -0.1) is 17.9 Å². The number of nitrogens with zero attached hydrogens (tertiary/aromatic N) is 3. The molecule has 1 aromatic heterocycles. The van der Waals surface area contributed by atoms with Gasteiger partial charge in [0, 0.05) is 16.7 Å². The molecule has 4 rings (SSSR count). The van der Waals surface area contributed by atoms with E-state index in [1.54, 1.807) is 18.4 Å². The number of aromatic nitrogens is 1. The second kappa shape index (κ2) is 7.92. The Kier molecular flexibility index (Phi) is 5.21. The zero-order valence-electron chi connectivity index (χ0n) is 15.5. The van der Waals surface area contributed by atoms with Gasteiger partial charge in [-0.25, -0.2) is 4.68 Å². The number of fused-ring (bicyclic) bond motifs is 1. The van der Waals surface area contributed by atoms with Gasteiger partial charge in [0.15, 0.2) is 0 Å². The molecule has 0 radical (unpaired) electrons. The molecule has 0 spiro atoms. The summed E-state index contributed by atoms with van der Waals surface area (Å²) < 4.78 is 7.34. The molecule has 1 aliphatic rings. The van der Waals surface area contributed by atoms with Crippen LogP contribution in [0.2, 0.25) is 0 Å². The van der Waals surface area contributed by atoms with Crippen LogP contribution in [0.4, 0.5) is 0 Å². The summed E-state index contributed by atoms with van der Waals surface area (Å²) in [6.45, 7) is 4.38. The monoisotopic (exact) mass is 377 g/mol. The minimum absolute atomic E-state index is 0.600. The van der Waals surface area contributed by atoms with Gasteiger partial charge in [-0.05, 0) is 54.7 Å². The molecule has 3 aromatic rings. The van der Waals surface area contributed by atoms with Gasteiger partial charge in [0.25, 0.3) is 0 Å². The van der Waals surface area contributed by atoms with Crippen LogP contribution in [-0.2, 0) is 0 Å². The highest BCUT2D eigenvalue weighted by atomic mass is 32.1. The molecule has 4 nitrogen and oxygen atoms in total. The Morgan fingerprint density at radius 2 is 1.93 bits per heavy atom. The molecule has 5 heteroatoms. The summed E-state index contributed by atoms with van der Waals surface area (Å²) >= 11 is 1.63. The summed E-state index contributed by atoms with van der Waals surface area (Å²) in [5.41, 5.74) is 3.49. The molecule has 1 fully saturated rings. The minimum Gasteiger partial charge on any atom is -0.497 e. The quantitative estimate of drug-likeness (QED) is 0.560. The smallest absolute Gasteiger partial charge is 0.206 e. The van der Waals surface area contributed by atoms with E-state index in [0.29, 0.717) is 6.54 Å². The first kappa shape index (κ1) is 17.7. The van der Waals surface area contributed by atoms with Crippen molar-refractivity contribution in [2.75, 3.05) is 13.7 Å². The number of hydrogen-bond acceptors (Lipinski definition) is 4. The van der Waals surface area contributed by atoms with Crippen LogP contribution in [0.1, 0.15) is 25.7 Å². The van der Waals surface area contributed by atoms with Crippen molar-refractivity contribution in [1.82, 2.24) is 4.68 Å². The minimum atomic E-state index is 0.600. The molecule has 0 amide bonds. The molecule has 27 heavy (non-hydrogen) atoms. The van der Waals surface area contributed by atoms with Crippen LogP contribution in [0.25, 0.3) is 22.0 Å². The van der Waals surface area contributed by atoms with E-state index in [4.69, 9.17) is 9.84 Å². The lowest BCUT2D eigenvalue weighted by molar-refractivity contribution is 0.415.